The molecule has 0 aliphatic rings. The third kappa shape index (κ3) is 6.14. The predicted octanol–water partition coefficient (Wildman–Crippen LogP) is 0.919. The Hall–Kier alpha value is -1.42. The third-order valence-electron chi connectivity index (χ3n) is 2.03. The highest BCUT2D eigenvalue weighted by Crippen LogP contribution is 2.03. The molecule has 0 heterocycles. The molecule has 90 valence electrons. The summed E-state index contributed by atoms with van der Waals surface area (Å²) in [6, 6.07) is 0. The van der Waals surface area contributed by atoms with Gasteiger partial charge in [-0.25, -0.2) is 0 Å². The van der Waals surface area contributed by atoms with Gasteiger partial charge in [0.25, 0.3) is 0 Å². The fourth-order valence-electron chi connectivity index (χ4n) is 1.22. The van der Waals surface area contributed by atoms with Crippen LogP contribution in [0.4, 0.5) is 0 Å². The summed E-state index contributed by atoms with van der Waals surface area (Å²) in [5.74, 6) is -0.0349. The molecule has 0 saturated carbocycles. The van der Waals surface area contributed by atoms with Gasteiger partial charge in [-0.2, -0.15) is 0 Å². The van der Waals surface area contributed by atoms with E-state index in [1.807, 2.05) is 0 Å². The van der Waals surface area contributed by atoms with Crippen LogP contribution in [0.5, 0.6) is 0 Å². The number of likely N-dealkylation sites (N-methyl/N-ethyl adjacent to an activating group) is 1. The molecule has 1 N–H and O–H groups in total. The lowest BCUT2D eigenvalue weighted by atomic mass is 10.2. The number of nitrogens with zero attached hydrogens (tertiary/aromatic N) is 1. The predicted molar refractivity (Wildman–Crippen MR) is 62.9 cm³/mol. The maximum atomic E-state index is 11.5. The molecule has 0 aromatic carbocycles. The van der Waals surface area contributed by atoms with Gasteiger partial charge >= 0.3 is 0 Å². The van der Waals surface area contributed by atoms with Crippen molar-refractivity contribution in [2.45, 2.75) is 19.8 Å². The van der Waals surface area contributed by atoms with Gasteiger partial charge in [-0.15, -0.1) is 0 Å². The largest absolute Gasteiger partial charge is 0.396 e. The molecule has 0 radical (unpaired) electrons. The molecule has 0 spiro atoms. The summed E-state index contributed by atoms with van der Waals surface area (Å²) in [4.78, 5) is 23.4. The number of amides is 1. The van der Waals surface area contributed by atoms with Crippen LogP contribution < -0.4 is 0 Å². The summed E-state index contributed by atoms with van der Waals surface area (Å²) in [5, 5.41) is 8.59. The fourth-order valence-corrected chi connectivity index (χ4v) is 1.22. The van der Waals surface area contributed by atoms with Crippen molar-refractivity contribution in [2.24, 2.45) is 0 Å². The summed E-state index contributed by atoms with van der Waals surface area (Å²) in [7, 11) is 1.68. The van der Waals surface area contributed by atoms with Gasteiger partial charge in [0.15, 0.2) is 0 Å². The second kappa shape index (κ2) is 7.82. The number of allylic oxidation sites excluding steroid dienone is 1. The van der Waals surface area contributed by atoms with Crippen LogP contribution in [0, 0.1) is 0 Å². The highest BCUT2D eigenvalue weighted by Gasteiger charge is 2.08. The molecule has 0 bridgehead atoms. The number of aldehydes is 1. The first-order valence-electron chi connectivity index (χ1n) is 5.17. The minimum Gasteiger partial charge on any atom is -0.396 e. The minimum absolute atomic E-state index is 0.0185. The maximum Gasteiger partial charge on any atom is 0.222 e. The first-order chi connectivity index (χ1) is 7.51. The van der Waals surface area contributed by atoms with Crippen LogP contribution in [0.25, 0.3) is 0 Å². The standard InChI is InChI=1S/C12H19NO3/c1-10(7-11(2)9-15)8-13(3)12(16)5-4-6-14/h7,9,14H,1,4-6,8H2,2-3H3/b11-7+. The van der Waals surface area contributed by atoms with Gasteiger partial charge in [-0.1, -0.05) is 12.7 Å². The fraction of sp³-hybridized carbons (Fsp3) is 0.500. The molecule has 4 heteroatoms. The Labute approximate surface area is 96.3 Å². The van der Waals surface area contributed by atoms with E-state index in [1.54, 1.807) is 20.0 Å². The summed E-state index contributed by atoms with van der Waals surface area (Å²) >= 11 is 0. The summed E-state index contributed by atoms with van der Waals surface area (Å²) < 4.78 is 0. The summed E-state index contributed by atoms with van der Waals surface area (Å²) in [6.45, 7) is 5.87. The molecule has 0 fully saturated rings. The zero-order valence-corrected chi connectivity index (χ0v) is 9.90. The first kappa shape index (κ1) is 14.6. The van der Waals surface area contributed by atoms with Crippen molar-refractivity contribution in [3.8, 4) is 0 Å². The molecule has 0 saturated heterocycles. The van der Waals surface area contributed by atoms with Crippen LogP contribution in [0.15, 0.2) is 23.8 Å². The van der Waals surface area contributed by atoms with E-state index in [0.29, 0.717) is 30.5 Å². The zero-order valence-electron chi connectivity index (χ0n) is 9.90. The van der Waals surface area contributed by atoms with Crippen LogP contribution in [-0.4, -0.2) is 42.4 Å². The van der Waals surface area contributed by atoms with Gasteiger partial charge < -0.3 is 10.0 Å². The van der Waals surface area contributed by atoms with Gasteiger partial charge in [0, 0.05) is 26.6 Å². The number of rotatable bonds is 7. The Morgan fingerprint density at radius 1 is 1.50 bits per heavy atom. The molecule has 0 atom stereocenters. The normalized spacial score (nSPS) is 11.1. The first-order valence-corrected chi connectivity index (χ1v) is 5.17. The number of carbonyl (C=O) groups excluding carboxylic acids is 2. The number of hydrogen-bond acceptors (Lipinski definition) is 3. The van der Waals surface area contributed by atoms with Crippen LogP contribution in [0.3, 0.4) is 0 Å². The van der Waals surface area contributed by atoms with Crippen molar-refractivity contribution in [2.75, 3.05) is 20.2 Å². The van der Waals surface area contributed by atoms with Crippen LogP contribution in [0.2, 0.25) is 0 Å². The Morgan fingerprint density at radius 3 is 2.62 bits per heavy atom. The highest BCUT2D eigenvalue weighted by molar-refractivity contribution is 5.76. The van der Waals surface area contributed by atoms with Crippen LogP contribution in [-0.2, 0) is 9.59 Å². The topological polar surface area (TPSA) is 57.6 Å². The molecule has 0 aliphatic heterocycles. The molecule has 16 heavy (non-hydrogen) atoms. The number of aliphatic hydroxyl groups is 1. The lowest BCUT2D eigenvalue weighted by molar-refractivity contribution is -0.129. The molecule has 0 aromatic heterocycles. The van der Waals surface area contributed by atoms with E-state index in [2.05, 4.69) is 6.58 Å². The minimum atomic E-state index is -0.0349. The van der Waals surface area contributed by atoms with Crippen molar-refractivity contribution in [3.63, 3.8) is 0 Å². The van der Waals surface area contributed by atoms with Gasteiger partial charge in [0.05, 0.1) is 0 Å². The third-order valence-corrected chi connectivity index (χ3v) is 2.03. The number of hydrogen-bond donors (Lipinski definition) is 1. The molecule has 4 nitrogen and oxygen atoms in total. The number of aliphatic hydroxyl groups excluding tert-OH is 1. The number of carbonyl (C=O) groups is 2. The lowest BCUT2D eigenvalue weighted by Crippen LogP contribution is -2.28. The van der Waals surface area contributed by atoms with E-state index in [9.17, 15) is 9.59 Å². The van der Waals surface area contributed by atoms with Gasteiger partial charge in [-0.3, -0.25) is 9.59 Å². The van der Waals surface area contributed by atoms with E-state index in [0.717, 1.165) is 6.29 Å². The molecule has 0 unspecified atom stereocenters. The van der Waals surface area contributed by atoms with Crippen molar-refractivity contribution in [1.82, 2.24) is 4.90 Å². The van der Waals surface area contributed by atoms with E-state index in [-0.39, 0.29) is 12.5 Å². The Bertz CT molecular complexity index is 295. The van der Waals surface area contributed by atoms with Crippen molar-refractivity contribution in [1.29, 1.82) is 0 Å². The average Bonchev–Trinajstić information content (AvgIpc) is 2.25. The van der Waals surface area contributed by atoms with Crippen molar-refractivity contribution in [3.05, 3.63) is 23.8 Å². The van der Waals surface area contributed by atoms with E-state index in [4.69, 9.17) is 5.11 Å². The molecular weight excluding hydrogens is 206 g/mol. The Kier molecular flexibility index (Phi) is 7.12. The van der Waals surface area contributed by atoms with Gasteiger partial charge in [0.2, 0.25) is 5.91 Å². The quantitative estimate of drug-likeness (QED) is 0.398. The van der Waals surface area contributed by atoms with Crippen LogP contribution >= 0.6 is 0 Å². The molecule has 0 rings (SSSR count). The highest BCUT2D eigenvalue weighted by atomic mass is 16.3. The molecule has 0 aromatic rings. The Morgan fingerprint density at radius 2 is 2.12 bits per heavy atom. The molecule has 0 aliphatic carbocycles. The molecular formula is C12H19NO3. The monoisotopic (exact) mass is 225 g/mol. The van der Waals surface area contributed by atoms with Crippen molar-refractivity contribution >= 4 is 12.2 Å². The van der Waals surface area contributed by atoms with Crippen LogP contribution in [0.1, 0.15) is 19.8 Å². The van der Waals surface area contributed by atoms with Crippen molar-refractivity contribution < 1.29 is 14.7 Å². The Balaban J connectivity index is 4.13. The maximum absolute atomic E-state index is 11.5. The second-order valence-corrected chi connectivity index (χ2v) is 3.74. The van der Waals surface area contributed by atoms with E-state index in [1.165, 1.54) is 4.90 Å². The van der Waals surface area contributed by atoms with Gasteiger partial charge in [-0.05, 0) is 24.5 Å². The molecule has 1 amide bonds. The average molecular weight is 225 g/mol. The smallest absolute Gasteiger partial charge is 0.222 e. The summed E-state index contributed by atoms with van der Waals surface area (Å²) in [6.07, 6.45) is 3.21. The summed E-state index contributed by atoms with van der Waals surface area (Å²) in [5.41, 5.74) is 1.30. The lowest BCUT2D eigenvalue weighted by Gasteiger charge is -2.17. The van der Waals surface area contributed by atoms with Gasteiger partial charge in [0.1, 0.15) is 6.29 Å². The van der Waals surface area contributed by atoms with E-state index < -0.39 is 0 Å². The SMILES string of the molecule is C=C(/C=C(\C)C=O)CN(C)C(=O)CCCO. The zero-order chi connectivity index (χ0) is 12.6. The second-order valence-electron chi connectivity index (χ2n) is 3.74. The van der Waals surface area contributed by atoms with E-state index >= 15 is 0 Å².